The molecule has 0 unspecified atom stereocenters. The van der Waals surface area contributed by atoms with Crippen molar-refractivity contribution in [1.29, 1.82) is 0 Å². The largest absolute Gasteiger partial charge is 0.497 e. The summed E-state index contributed by atoms with van der Waals surface area (Å²) in [5, 5.41) is 9.54. The van der Waals surface area contributed by atoms with Gasteiger partial charge in [-0.25, -0.2) is 10.9 Å². The van der Waals surface area contributed by atoms with E-state index in [1.807, 2.05) is 42.5 Å². The minimum atomic E-state index is -1.02. The van der Waals surface area contributed by atoms with E-state index in [2.05, 4.69) is 10.9 Å². The van der Waals surface area contributed by atoms with Crippen molar-refractivity contribution in [2.75, 3.05) is 13.7 Å². The molecule has 0 aliphatic rings. The van der Waals surface area contributed by atoms with Crippen LogP contribution in [0.3, 0.4) is 0 Å². The number of ether oxygens (including phenoxy) is 2. The van der Waals surface area contributed by atoms with Crippen molar-refractivity contribution in [3.8, 4) is 5.75 Å². The zero-order valence-electron chi connectivity index (χ0n) is 16.1. The van der Waals surface area contributed by atoms with Crippen LogP contribution in [0.25, 0.3) is 0 Å². The van der Waals surface area contributed by atoms with Crippen molar-refractivity contribution in [2.24, 2.45) is 0 Å². The molecule has 28 heavy (non-hydrogen) atoms. The molecule has 0 saturated carbocycles. The quantitative estimate of drug-likeness (QED) is 0.401. The van der Waals surface area contributed by atoms with Crippen LogP contribution in [0.15, 0.2) is 54.6 Å². The van der Waals surface area contributed by atoms with Crippen LogP contribution in [-0.2, 0) is 27.2 Å². The highest BCUT2D eigenvalue weighted by molar-refractivity contribution is 5.76. The van der Waals surface area contributed by atoms with Gasteiger partial charge in [0.25, 0.3) is 0 Å². The van der Waals surface area contributed by atoms with Crippen molar-refractivity contribution in [3.05, 3.63) is 65.7 Å². The van der Waals surface area contributed by atoms with Crippen LogP contribution in [-0.4, -0.2) is 42.8 Å². The Morgan fingerprint density at radius 3 is 2.07 bits per heavy atom. The molecule has 0 amide bonds. The average molecular weight is 386 g/mol. The first-order valence-electron chi connectivity index (χ1n) is 9.10. The zero-order valence-corrected chi connectivity index (χ0v) is 16.1. The summed E-state index contributed by atoms with van der Waals surface area (Å²) in [6.07, 6.45) is 0.620. The van der Waals surface area contributed by atoms with E-state index in [1.54, 1.807) is 26.2 Å². The summed E-state index contributed by atoms with van der Waals surface area (Å²) in [4.78, 5) is 23.9. The molecule has 150 valence electrons. The molecule has 0 aliphatic heterocycles. The van der Waals surface area contributed by atoms with Gasteiger partial charge in [0.15, 0.2) is 0 Å². The topological polar surface area (TPSA) is 96.9 Å². The second-order valence-corrected chi connectivity index (χ2v) is 6.23. The third-order valence-electron chi connectivity index (χ3n) is 4.18. The Morgan fingerprint density at radius 1 is 0.929 bits per heavy atom. The number of carboxylic acid groups (broad SMARTS) is 1. The third kappa shape index (κ3) is 6.68. The lowest BCUT2D eigenvalue weighted by molar-refractivity contribution is -0.147. The van der Waals surface area contributed by atoms with Gasteiger partial charge in [-0.3, -0.25) is 9.59 Å². The number of nitrogens with one attached hydrogen (secondary N) is 2. The molecular formula is C21H26N2O5. The van der Waals surface area contributed by atoms with Crippen molar-refractivity contribution in [3.63, 3.8) is 0 Å². The van der Waals surface area contributed by atoms with Crippen molar-refractivity contribution >= 4 is 11.9 Å². The smallest absolute Gasteiger partial charge is 0.324 e. The standard InChI is InChI=1S/C21H26N2O5/c1-3-28-21(26)19(14-15-7-5-4-6-8-15)23-22-18(20(24)25)13-16-9-11-17(27-2)12-10-16/h4-12,18-19,22-23H,3,13-14H2,1-2H3,(H,24,25)/t18-,19-/m0/s1. The van der Waals surface area contributed by atoms with Crippen LogP contribution in [0.5, 0.6) is 5.75 Å². The van der Waals surface area contributed by atoms with E-state index in [4.69, 9.17) is 9.47 Å². The summed E-state index contributed by atoms with van der Waals surface area (Å²) in [6, 6.07) is 15.0. The van der Waals surface area contributed by atoms with Crippen molar-refractivity contribution < 1.29 is 24.2 Å². The normalized spacial score (nSPS) is 12.8. The monoisotopic (exact) mass is 386 g/mol. The van der Waals surface area contributed by atoms with Gasteiger partial charge in [-0.05, 0) is 43.0 Å². The van der Waals surface area contributed by atoms with Gasteiger partial charge in [0, 0.05) is 0 Å². The van der Waals surface area contributed by atoms with Crippen LogP contribution in [0.1, 0.15) is 18.1 Å². The van der Waals surface area contributed by atoms with Gasteiger partial charge in [-0.2, -0.15) is 0 Å². The van der Waals surface area contributed by atoms with Crippen LogP contribution >= 0.6 is 0 Å². The Morgan fingerprint density at radius 2 is 1.50 bits per heavy atom. The highest BCUT2D eigenvalue weighted by atomic mass is 16.5. The Bertz CT molecular complexity index is 749. The molecule has 2 atom stereocenters. The van der Waals surface area contributed by atoms with Gasteiger partial charge < -0.3 is 14.6 Å². The number of carbonyl (C=O) groups excluding carboxylic acids is 1. The van der Waals surface area contributed by atoms with Gasteiger partial charge >= 0.3 is 11.9 Å². The van der Waals surface area contributed by atoms with E-state index in [9.17, 15) is 14.7 Å². The molecule has 0 aromatic heterocycles. The van der Waals surface area contributed by atoms with Crippen LogP contribution in [0.4, 0.5) is 0 Å². The third-order valence-corrected chi connectivity index (χ3v) is 4.18. The summed E-state index contributed by atoms with van der Waals surface area (Å²) in [5.41, 5.74) is 7.39. The summed E-state index contributed by atoms with van der Waals surface area (Å²) in [5.74, 6) is -0.759. The maximum Gasteiger partial charge on any atom is 0.324 e. The van der Waals surface area contributed by atoms with E-state index in [1.165, 1.54) is 0 Å². The van der Waals surface area contributed by atoms with Gasteiger partial charge in [0.2, 0.25) is 0 Å². The predicted octanol–water partition coefficient (Wildman–Crippen LogP) is 1.96. The number of hydrogen-bond donors (Lipinski definition) is 3. The summed E-state index contributed by atoms with van der Waals surface area (Å²) >= 11 is 0. The number of carbonyl (C=O) groups is 2. The van der Waals surface area contributed by atoms with Crippen molar-refractivity contribution in [2.45, 2.75) is 31.8 Å². The fourth-order valence-corrected chi connectivity index (χ4v) is 2.68. The fraction of sp³-hybridized carbons (Fsp3) is 0.333. The Hall–Kier alpha value is -2.90. The van der Waals surface area contributed by atoms with Crippen LogP contribution in [0.2, 0.25) is 0 Å². The molecule has 0 saturated heterocycles. The zero-order chi connectivity index (χ0) is 20.4. The first-order chi connectivity index (χ1) is 13.5. The number of benzene rings is 2. The minimum absolute atomic E-state index is 0.243. The van der Waals surface area contributed by atoms with E-state index >= 15 is 0 Å². The highest BCUT2D eigenvalue weighted by Crippen LogP contribution is 2.13. The summed E-state index contributed by atoms with van der Waals surface area (Å²) in [7, 11) is 1.57. The van der Waals surface area contributed by atoms with E-state index in [0.29, 0.717) is 12.2 Å². The molecule has 7 heteroatoms. The fourth-order valence-electron chi connectivity index (χ4n) is 2.68. The lowest BCUT2D eigenvalue weighted by Gasteiger charge is -2.21. The highest BCUT2D eigenvalue weighted by Gasteiger charge is 2.24. The maximum atomic E-state index is 12.3. The number of aliphatic carboxylic acids is 1. The number of hydrogen-bond acceptors (Lipinski definition) is 6. The van der Waals surface area contributed by atoms with E-state index in [-0.39, 0.29) is 13.0 Å². The summed E-state index contributed by atoms with van der Waals surface area (Å²) in [6.45, 7) is 1.98. The second kappa shape index (κ2) is 11.1. The SMILES string of the molecule is CCOC(=O)[C@H](Cc1ccccc1)NN[C@@H](Cc1ccc(OC)cc1)C(=O)O. The minimum Gasteiger partial charge on any atom is -0.497 e. The van der Waals surface area contributed by atoms with Crippen molar-refractivity contribution in [1.82, 2.24) is 10.9 Å². The molecule has 2 aromatic rings. The van der Waals surface area contributed by atoms with Gasteiger partial charge in [0.1, 0.15) is 17.8 Å². The number of methoxy groups -OCH3 is 1. The molecule has 0 aliphatic carbocycles. The summed E-state index contributed by atoms with van der Waals surface area (Å²) < 4.78 is 10.2. The predicted molar refractivity (Wildman–Crippen MR) is 105 cm³/mol. The molecule has 0 fully saturated rings. The number of esters is 1. The lowest BCUT2D eigenvalue weighted by Crippen LogP contribution is -2.54. The molecule has 0 spiro atoms. The van der Waals surface area contributed by atoms with E-state index in [0.717, 1.165) is 11.1 Å². The van der Waals surface area contributed by atoms with Gasteiger partial charge in [-0.1, -0.05) is 42.5 Å². The van der Waals surface area contributed by atoms with E-state index < -0.39 is 24.0 Å². The molecule has 2 aromatic carbocycles. The maximum absolute atomic E-state index is 12.3. The number of hydrazine groups is 1. The van der Waals surface area contributed by atoms with Crippen LogP contribution < -0.4 is 15.6 Å². The first-order valence-corrected chi connectivity index (χ1v) is 9.10. The molecule has 7 nitrogen and oxygen atoms in total. The lowest BCUT2D eigenvalue weighted by atomic mass is 10.1. The average Bonchev–Trinajstić information content (AvgIpc) is 2.71. The molecule has 2 rings (SSSR count). The second-order valence-electron chi connectivity index (χ2n) is 6.23. The Balaban J connectivity index is 2.03. The van der Waals surface area contributed by atoms with Crippen LogP contribution in [0, 0.1) is 0 Å². The Labute approximate surface area is 164 Å². The molecular weight excluding hydrogens is 360 g/mol. The molecule has 0 bridgehead atoms. The molecule has 0 heterocycles. The Kier molecular flexibility index (Phi) is 8.45. The van der Waals surface area contributed by atoms with Gasteiger partial charge in [0.05, 0.1) is 13.7 Å². The molecule has 0 radical (unpaired) electrons. The number of rotatable bonds is 11. The molecule has 3 N–H and O–H groups in total. The first kappa shape index (κ1) is 21.4. The van der Waals surface area contributed by atoms with Gasteiger partial charge in [-0.15, -0.1) is 0 Å². The number of carboxylic acids is 1.